The molecule has 0 saturated carbocycles. The molecule has 3 aromatic rings. The molecule has 1 atom stereocenters. The standard InChI is InChI=1S/C21H25N5O2/c1-12-7-8-13(2)15(9-12)25-20(28)17(18(27)21(4,5)6)26-11-24-16-14(3)22-10-23-19(16)26/h7-11,17H,1-6H3,(H,25,28). The molecule has 3 rings (SSSR count). The highest BCUT2D eigenvalue weighted by Crippen LogP contribution is 2.28. The van der Waals surface area contributed by atoms with Crippen LogP contribution >= 0.6 is 0 Å². The van der Waals surface area contributed by atoms with Gasteiger partial charge >= 0.3 is 0 Å². The van der Waals surface area contributed by atoms with Crippen molar-refractivity contribution in [3.05, 3.63) is 47.7 Å². The summed E-state index contributed by atoms with van der Waals surface area (Å²) in [5.41, 5.74) is 3.65. The van der Waals surface area contributed by atoms with Crippen molar-refractivity contribution in [2.75, 3.05) is 5.32 Å². The van der Waals surface area contributed by atoms with E-state index in [1.54, 1.807) is 20.8 Å². The number of Topliss-reactive ketones (excluding diaryl/α,β-unsaturated/α-hetero) is 1. The van der Waals surface area contributed by atoms with Crippen molar-refractivity contribution in [2.45, 2.75) is 47.6 Å². The number of carbonyl (C=O) groups excluding carboxylic acids is 2. The summed E-state index contributed by atoms with van der Waals surface area (Å²) in [6.07, 6.45) is 2.90. The second kappa shape index (κ2) is 7.14. The van der Waals surface area contributed by atoms with Crippen LogP contribution in [0.4, 0.5) is 5.69 Å². The van der Waals surface area contributed by atoms with Gasteiger partial charge in [-0.25, -0.2) is 15.0 Å². The molecule has 146 valence electrons. The Balaban J connectivity index is 2.09. The number of amides is 1. The third-order valence-electron chi connectivity index (χ3n) is 4.71. The van der Waals surface area contributed by atoms with Crippen LogP contribution in [-0.2, 0) is 9.59 Å². The van der Waals surface area contributed by atoms with Crippen molar-refractivity contribution in [1.82, 2.24) is 19.5 Å². The molecule has 1 aromatic carbocycles. The van der Waals surface area contributed by atoms with Crippen molar-refractivity contribution in [2.24, 2.45) is 5.41 Å². The van der Waals surface area contributed by atoms with Gasteiger partial charge in [0.25, 0.3) is 5.91 Å². The lowest BCUT2D eigenvalue weighted by atomic mass is 9.86. The van der Waals surface area contributed by atoms with Crippen LogP contribution in [0.5, 0.6) is 0 Å². The van der Waals surface area contributed by atoms with E-state index in [0.717, 1.165) is 11.1 Å². The van der Waals surface area contributed by atoms with E-state index in [9.17, 15) is 9.59 Å². The molecule has 0 aliphatic heterocycles. The minimum Gasteiger partial charge on any atom is -0.324 e. The molecule has 2 aromatic heterocycles. The Kier molecular flexibility index (Phi) is 5.02. The number of fused-ring (bicyclic) bond motifs is 1. The number of aryl methyl sites for hydroxylation is 3. The van der Waals surface area contributed by atoms with Gasteiger partial charge in [-0.1, -0.05) is 32.9 Å². The number of benzene rings is 1. The average molecular weight is 379 g/mol. The molecular weight excluding hydrogens is 354 g/mol. The van der Waals surface area contributed by atoms with Crippen molar-refractivity contribution in [1.29, 1.82) is 0 Å². The molecule has 2 heterocycles. The van der Waals surface area contributed by atoms with Crippen LogP contribution in [0.2, 0.25) is 0 Å². The number of hydrogen-bond donors (Lipinski definition) is 1. The van der Waals surface area contributed by atoms with Crippen molar-refractivity contribution in [3.63, 3.8) is 0 Å². The van der Waals surface area contributed by atoms with Gasteiger partial charge in [0.15, 0.2) is 17.5 Å². The summed E-state index contributed by atoms with van der Waals surface area (Å²) >= 11 is 0. The normalized spacial score (nSPS) is 12.8. The third-order valence-corrected chi connectivity index (χ3v) is 4.71. The van der Waals surface area contributed by atoms with Gasteiger partial charge < -0.3 is 5.32 Å². The van der Waals surface area contributed by atoms with Crippen LogP contribution in [0.3, 0.4) is 0 Å². The first-order chi connectivity index (χ1) is 13.1. The third kappa shape index (κ3) is 3.65. The number of carbonyl (C=O) groups is 2. The predicted molar refractivity (Wildman–Crippen MR) is 108 cm³/mol. The van der Waals surface area contributed by atoms with Crippen molar-refractivity contribution < 1.29 is 9.59 Å². The molecule has 0 aliphatic carbocycles. The van der Waals surface area contributed by atoms with E-state index < -0.39 is 17.4 Å². The van der Waals surface area contributed by atoms with E-state index in [1.165, 1.54) is 17.2 Å². The Morgan fingerprint density at radius 2 is 1.79 bits per heavy atom. The monoisotopic (exact) mass is 379 g/mol. The first-order valence-electron chi connectivity index (χ1n) is 9.16. The summed E-state index contributed by atoms with van der Waals surface area (Å²) in [5.74, 6) is -0.630. The van der Waals surface area contributed by atoms with Crippen LogP contribution in [0, 0.1) is 26.2 Å². The number of nitrogens with zero attached hydrogens (tertiary/aromatic N) is 4. The minimum absolute atomic E-state index is 0.217. The maximum Gasteiger partial charge on any atom is 0.255 e. The zero-order chi connectivity index (χ0) is 20.6. The molecule has 7 heteroatoms. The summed E-state index contributed by atoms with van der Waals surface area (Å²) in [7, 11) is 0. The van der Waals surface area contributed by atoms with E-state index in [4.69, 9.17) is 0 Å². The highest BCUT2D eigenvalue weighted by molar-refractivity contribution is 6.11. The lowest BCUT2D eigenvalue weighted by Gasteiger charge is -2.25. The summed E-state index contributed by atoms with van der Waals surface area (Å²) in [5, 5.41) is 2.92. The van der Waals surface area contributed by atoms with Crippen LogP contribution in [-0.4, -0.2) is 31.2 Å². The quantitative estimate of drug-likeness (QED) is 0.700. The maximum absolute atomic E-state index is 13.3. The molecule has 0 radical (unpaired) electrons. The fraction of sp³-hybridized carbons (Fsp3) is 0.381. The number of aromatic nitrogens is 4. The molecule has 1 amide bonds. The van der Waals surface area contributed by atoms with E-state index >= 15 is 0 Å². The summed E-state index contributed by atoms with van der Waals surface area (Å²) in [6.45, 7) is 11.1. The van der Waals surface area contributed by atoms with Gasteiger partial charge in [-0.05, 0) is 38.0 Å². The van der Waals surface area contributed by atoms with Gasteiger partial charge in [0.1, 0.15) is 11.8 Å². The Morgan fingerprint density at radius 1 is 1.07 bits per heavy atom. The summed E-state index contributed by atoms with van der Waals surface area (Å²) in [4.78, 5) is 39.2. The Labute approximate surface area is 164 Å². The molecule has 0 spiro atoms. The molecule has 1 N–H and O–H groups in total. The zero-order valence-electron chi connectivity index (χ0n) is 17.1. The van der Waals surface area contributed by atoms with E-state index in [-0.39, 0.29) is 5.78 Å². The van der Waals surface area contributed by atoms with Crippen LogP contribution in [0.1, 0.15) is 43.6 Å². The molecule has 0 fully saturated rings. The predicted octanol–water partition coefficient (Wildman–Crippen LogP) is 3.55. The highest BCUT2D eigenvalue weighted by Gasteiger charge is 2.37. The smallest absolute Gasteiger partial charge is 0.255 e. The van der Waals surface area contributed by atoms with Gasteiger partial charge in [0, 0.05) is 11.1 Å². The SMILES string of the molecule is Cc1ccc(C)c(NC(=O)C(C(=O)C(C)(C)C)n2cnc3c(C)ncnc32)c1. The number of anilines is 1. The van der Waals surface area contributed by atoms with Crippen LogP contribution in [0.15, 0.2) is 30.9 Å². The maximum atomic E-state index is 13.3. The Bertz CT molecular complexity index is 1060. The van der Waals surface area contributed by atoms with Gasteiger partial charge in [-0.3, -0.25) is 14.2 Å². The zero-order valence-corrected chi connectivity index (χ0v) is 17.1. The second-order valence-electron chi connectivity index (χ2n) is 8.11. The highest BCUT2D eigenvalue weighted by atomic mass is 16.2. The summed E-state index contributed by atoms with van der Waals surface area (Å²) < 4.78 is 1.54. The van der Waals surface area contributed by atoms with Gasteiger partial charge in [-0.2, -0.15) is 0 Å². The molecule has 0 aliphatic rings. The minimum atomic E-state index is -1.08. The molecule has 28 heavy (non-hydrogen) atoms. The first-order valence-corrected chi connectivity index (χ1v) is 9.16. The van der Waals surface area contributed by atoms with Gasteiger partial charge in [0.05, 0.1) is 12.0 Å². The number of imidazole rings is 1. The molecular formula is C21H25N5O2. The van der Waals surface area contributed by atoms with Crippen LogP contribution in [0.25, 0.3) is 11.2 Å². The second-order valence-corrected chi connectivity index (χ2v) is 8.11. The molecule has 0 saturated heterocycles. The number of hydrogen-bond acceptors (Lipinski definition) is 5. The fourth-order valence-electron chi connectivity index (χ4n) is 3.01. The Hall–Kier alpha value is -3.09. The average Bonchev–Trinajstić information content (AvgIpc) is 3.03. The van der Waals surface area contributed by atoms with Crippen molar-refractivity contribution >= 4 is 28.5 Å². The lowest BCUT2D eigenvalue weighted by Crippen LogP contribution is -2.38. The van der Waals surface area contributed by atoms with E-state index in [2.05, 4.69) is 20.3 Å². The van der Waals surface area contributed by atoms with Crippen LogP contribution < -0.4 is 5.32 Å². The number of rotatable bonds is 4. The molecule has 1 unspecified atom stereocenters. The first kappa shape index (κ1) is 19.7. The van der Waals surface area contributed by atoms with Gasteiger partial charge in [0.2, 0.25) is 0 Å². The molecule has 7 nitrogen and oxygen atoms in total. The van der Waals surface area contributed by atoms with Crippen molar-refractivity contribution in [3.8, 4) is 0 Å². The van der Waals surface area contributed by atoms with E-state index in [0.29, 0.717) is 22.5 Å². The largest absolute Gasteiger partial charge is 0.324 e. The van der Waals surface area contributed by atoms with Gasteiger partial charge in [-0.15, -0.1) is 0 Å². The summed E-state index contributed by atoms with van der Waals surface area (Å²) in [6, 6.07) is 4.73. The Morgan fingerprint density at radius 3 is 2.46 bits per heavy atom. The van der Waals surface area contributed by atoms with E-state index in [1.807, 2.05) is 39.0 Å². The lowest BCUT2D eigenvalue weighted by molar-refractivity contribution is -0.135. The number of nitrogens with one attached hydrogen (secondary N) is 1. The topological polar surface area (TPSA) is 89.8 Å². The molecule has 0 bridgehead atoms. The fourth-order valence-corrected chi connectivity index (χ4v) is 3.01. The number of ketones is 1.